The number of hydrogen-bond acceptors (Lipinski definition) is 2. The summed E-state index contributed by atoms with van der Waals surface area (Å²) in [6.07, 6.45) is 0. The van der Waals surface area contributed by atoms with Crippen LogP contribution in [0.25, 0.3) is 0 Å². The summed E-state index contributed by atoms with van der Waals surface area (Å²) >= 11 is 0. The molecule has 102 valence electrons. The van der Waals surface area contributed by atoms with Crippen molar-refractivity contribution in [1.82, 2.24) is 0 Å². The second-order valence-corrected chi connectivity index (χ2v) is 4.27. The zero-order chi connectivity index (χ0) is 14.5. The van der Waals surface area contributed by atoms with Crippen LogP contribution in [-0.4, -0.2) is 19.0 Å². The lowest BCUT2D eigenvalue weighted by Gasteiger charge is -2.17. The summed E-state index contributed by atoms with van der Waals surface area (Å²) < 4.78 is 0. The second kappa shape index (κ2) is 5.88. The third-order valence-electron chi connectivity index (χ3n) is 2.85. The third-order valence-corrected chi connectivity index (χ3v) is 2.85. The van der Waals surface area contributed by atoms with Crippen molar-refractivity contribution in [2.45, 2.75) is 0 Å². The van der Waals surface area contributed by atoms with Crippen LogP contribution in [0.3, 0.4) is 0 Å². The number of para-hydroxylation sites is 1. The topological polar surface area (TPSA) is 75.4 Å². The minimum Gasteiger partial charge on any atom is -0.351 e. The number of nitrogens with one attached hydrogen (secondary N) is 1. The van der Waals surface area contributed by atoms with Crippen LogP contribution < -0.4 is 16.0 Å². The van der Waals surface area contributed by atoms with E-state index in [-0.39, 0.29) is 5.91 Å². The molecule has 0 radical (unpaired) electrons. The van der Waals surface area contributed by atoms with Crippen LogP contribution in [0.1, 0.15) is 10.4 Å². The number of carbonyl (C=O) groups is 2. The molecule has 3 N–H and O–H groups in total. The van der Waals surface area contributed by atoms with E-state index in [1.807, 2.05) is 30.3 Å². The van der Waals surface area contributed by atoms with Crippen LogP contribution in [0.2, 0.25) is 0 Å². The largest absolute Gasteiger partial charge is 0.351 e. The monoisotopic (exact) mass is 269 g/mol. The number of amides is 3. The number of hydrogen-bond donors (Lipinski definition) is 2. The number of anilines is 2. The molecule has 20 heavy (non-hydrogen) atoms. The number of urea groups is 1. The molecule has 0 aromatic heterocycles. The van der Waals surface area contributed by atoms with Gasteiger partial charge in [0.15, 0.2) is 0 Å². The molecule has 0 bridgehead atoms. The van der Waals surface area contributed by atoms with E-state index >= 15 is 0 Å². The van der Waals surface area contributed by atoms with Gasteiger partial charge in [-0.05, 0) is 36.4 Å². The maximum absolute atomic E-state index is 12.3. The predicted octanol–water partition coefficient (Wildman–Crippen LogP) is 2.45. The highest BCUT2D eigenvalue weighted by atomic mass is 16.2. The van der Waals surface area contributed by atoms with Gasteiger partial charge < -0.3 is 16.0 Å². The fourth-order valence-corrected chi connectivity index (χ4v) is 1.80. The van der Waals surface area contributed by atoms with Gasteiger partial charge in [-0.15, -0.1) is 0 Å². The molecule has 2 rings (SSSR count). The fraction of sp³-hybridized carbons (Fsp3) is 0.0667. The number of nitrogens with zero attached hydrogens (tertiary/aromatic N) is 1. The number of rotatable bonds is 3. The highest BCUT2D eigenvalue weighted by Crippen LogP contribution is 2.16. The molecule has 5 nitrogen and oxygen atoms in total. The van der Waals surface area contributed by atoms with Gasteiger partial charge in [0.1, 0.15) is 0 Å². The Hall–Kier alpha value is -2.82. The molecule has 0 aliphatic heterocycles. The number of benzene rings is 2. The van der Waals surface area contributed by atoms with Gasteiger partial charge in [0.2, 0.25) is 0 Å². The van der Waals surface area contributed by atoms with Gasteiger partial charge in [-0.3, -0.25) is 4.79 Å². The first-order valence-electron chi connectivity index (χ1n) is 6.07. The lowest BCUT2D eigenvalue weighted by molar-refractivity contribution is 0.0993. The molecule has 0 spiro atoms. The first kappa shape index (κ1) is 13.6. The van der Waals surface area contributed by atoms with E-state index in [1.165, 1.54) is 0 Å². The molecule has 0 fully saturated rings. The molecule has 0 unspecified atom stereocenters. The molecular formula is C15H15N3O2. The Morgan fingerprint density at radius 1 is 1.00 bits per heavy atom. The van der Waals surface area contributed by atoms with Gasteiger partial charge in [0, 0.05) is 24.0 Å². The van der Waals surface area contributed by atoms with Gasteiger partial charge in [-0.25, -0.2) is 4.79 Å². The molecule has 3 amide bonds. The van der Waals surface area contributed by atoms with Gasteiger partial charge in [-0.1, -0.05) is 18.2 Å². The SMILES string of the molecule is CN(C(=O)c1ccc(NC(N)=O)cc1)c1ccccc1. The molecular weight excluding hydrogens is 254 g/mol. The average molecular weight is 269 g/mol. The maximum atomic E-state index is 12.3. The average Bonchev–Trinajstić information content (AvgIpc) is 2.47. The Labute approximate surface area is 117 Å². The Morgan fingerprint density at radius 2 is 1.60 bits per heavy atom. The highest BCUT2D eigenvalue weighted by Gasteiger charge is 2.12. The molecule has 0 heterocycles. The van der Waals surface area contributed by atoms with Crippen molar-refractivity contribution in [2.75, 3.05) is 17.3 Å². The quantitative estimate of drug-likeness (QED) is 0.898. The Kier molecular flexibility index (Phi) is 4.00. The van der Waals surface area contributed by atoms with Gasteiger partial charge in [0.05, 0.1) is 0 Å². The summed E-state index contributed by atoms with van der Waals surface area (Å²) in [7, 11) is 1.72. The molecule has 5 heteroatoms. The molecule has 2 aromatic rings. The van der Waals surface area contributed by atoms with Crippen molar-refractivity contribution in [1.29, 1.82) is 0 Å². The predicted molar refractivity (Wildman–Crippen MR) is 78.8 cm³/mol. The molecule has 0 atom stereocenters. The summed E-state index contributed by atoms with van der Waals surface area (Å²) in [5.74, 6) is -0.123. The Balaban J connectivity index is 2.15. The zero-order valence-corrected chi connectivity index (χ0v) is 11.0. The summed E-state index contributed by atoms with van der Waals surface area (Å²) in [5.41, 5.74) is 6.92. The van der Waals surface area contributed by atoms with Crippen LogP contribution in [-0.2, 0) is 0 Å². The van der Waals surface area contributed by atoms with E-state index in [0.717, 1.165) is 5.69 Å². The normalized spacial score (nSPS) is 9.85. The summed E-state index contributed by atoms with van der Waals surface area (Å²) in [6.45, 7) is 0. The standard InChI is InChI=1S/C15H15N3O2/c1-18(13-5-3-2-4-6-13)14(19)11-7-9-12(10-8-11)17-15(16)20/h2-10H,1H3,(H3,16,17,20). The maximum Gasteiger partial charge on any atom is 0.316 e. The lowest BCUT2D eigenvalue weighted by atomic mass is 10.1. The van der Waals surface area contributed by atoms with Crippen molar-refractivity contribution in [2.24, 2.45) is 5.73 Å². The van der Waals surface area contributed by atoms with E-state index in [1.54, 1.807) is 36.2 Å². The van der Waals surface area contributed by atoms with Crippen LogP contribution in [0, 0.1) is 0 Å². The molecule has 2 aromatic carbocycles. The number of primary amides is 1. The summed E-state index contributed by atoms with van der Waals surface area (Å²) in [4.78, 5) is 24.6. The molecule has 0 aliphatic rings. The van der Waals surface area contributed by atoms with E-state index in [4.69, 9.17) is 5.73 Å². The van der Waals surface area contributed by atoms with Gasteiger partial charge in [-0.2, -0.15) is 0 Å². The van der Waals surface area contributed by atoms with E-state index in [9.17, 15) is 9.59 Å². The summed E-state index contributed by atoms with van der Waals surface area (Å²) in [5, 5.41) is 2.45. The molecule has 0 saturated carbocycles. The van der Waals surface area contributed by atoms with Crippen LogP contribution >= 0.6 is 0 Å². The van der Waals surface area contributed by atoms with E-state index < -0.39 is 6.03 Å². The minimum absolute atomic E-state index is 0.123. The lowest BCUT2D eigenvalue weighted by Crippen LogP contribution is -2.26. The zero-order valence-electron chi connectivity index (χ0n) is 11.0. The van der Waals surface area contributed by atoms with Crippen molar-refractivity contribution in [3.63, 3.8) is 0 Å². The van der Waals surface area contributed by atoms with Crippen molar-refractivity contribution in [3.8, 4) is 0 Å². The first-order valence-corrected chi connectivity index (χ1v) is 6.07. The molecule has 0 saturated heterocycles. The number of nitrogens with two attached hydrogens (primary N) is 1. The smallest absolute Gasteiger partial charge is 0.316 e. The van der Waals surface area contributed by atoms with E-state index in [0.29, 0.717) is 11.3 Å². The summed E-state index contributed by atoms with van der Waals surface area (Å²) in [6, 6.07) is 15.3. The van der Waals surface area contributed by atoms with E-state index in [2.05, 4.69) is 5.32 Å². The van der Waals surface area contributed by atoms with Crippen molar-refractivity contribution < 1.29 is 9.59 Å². The third kappa shape index (κ3) is 3.14. The fourth-order valence-electron chi connectivity index (χ4n) is 1.80. The first-order chi connectivity index (χ1) is 9.58. The van der Waals surface area contributed by atoms with Crippen molar-refractivity contribution in [3.05, 3.63) is 60.2 Å². The van der Waals surface area contributed by atoms with Gasteiger partial charge >= 0.3 is 6.03 Å². The molecule has 0 aliphatic carbocycles. The highest BCUT2D eigenvalue weighted by molar-refractivity contribution is 6.06. The Bertz CT molecular complexity index is 609. The van der Waals surface area contributed by atoms with Crippen LogP contribution in [0.5, 0.6) is 0 Å². The van der Waals surface area contributed by atoms with Crippen LogP contribution in [0.4, 0.5) is 16.2 Å². The van der Waals surface area contributed by atoms with Crippen LogP contribution in [0.15, 0.2) is 54.6 Å². The number of carbonyl (C=O) groups excluding carboxylic acids is 2. The second-order valence-electron chi connectivity index (χ2n) is 4.27. The van der Waals surface area contributed by atoms with Crippen molar-refractivity contribution >= 4 is 23.3 Å². The minimum atomic E-state index is -0.634. The van der Waals surface area contributed by atoms with Gasteiger partial charge in [0.25, 0.3) is 5.91 Å². The Morgan fingerprint density at radius 3 is 2.15 bits per heavy atom.